The molecule has 0 saturated carbocycles. The average Bonchev–Trinajstić information content (AvgIpc) is 1.99. The molecule has 0 spiro atoms. The Balaban J connectivity index is 2.66. The Morgan fingerprint density at radius 1 is 1.31 bits per heavy atom. The molecular weight excluding hydrogens is 225 g/mol. The molecule has 0 unspecified atom stereocenters. The number of hydrogen-bond acceptors (Lipinski definition) is 2. The SMILES string of the molecule is CC(C)SCc1cc(Cl)nc(Cl)c1. The van der Waals surface area contributed by atoms with Crippen LogP contribution in [0.4, 0.5) is 0 Å². The minimum Gasteiger partial charge on any atom is -0.224 e. The van der Waals surface area contributed by atoms with Crippen LogP contribution in [-0.4, -0.2) is 10.2 Å². The molecule has 0 amide bonds. The highest BCUT2D eigenvalue weighted by atomic mass is 35.5. The van der Waals surface area contributed by atoms with E-state index in [-0.39, 0.29) is 0 Å². The number of nitrogens with zero attached hydrogens (tertiary/aromatic N) is 1. The van der Waals surface area contributed by atoms with Gasteiger partial charge in [-0.1, -0.05) is 37.0 Å². The molecule has 0 fully saturated rings. The molecule has 1 heterocycles. The van der Waals surface area contributed by atoms with Crippen molar-refractivity contribution < 1.29 is 0 Å². The summed E-state index contributed by atoms with van der Waals surface area (Å²) >= 11 is 13.4. The first-order valence-corrected chi connectivity index (χ1v) is 5.82. The van der Waals surface area contributed by atoms with Crippen LogP contribution in [0, 0.1) is 0 Å². The fourth-order valence-corrected chi connectivity index (χ4v) is 2.06. The van der Waals surface area contributed by atoms with Crippen LogP contribution in [0.2, 0.25) is 10.3 Å². The first-order chi connectivity index (χ1) is 6.08. The summed E-state index contributed by atoms with van der Waals surface area (Å²) in [6, 6.07) is 3.70. The van der Waals surface area contributed by atoms with Crippen molar-refractivity contribution in [1.82, 2.24) is 4.98 Å². The van der Waals surface area contributed by atoms with Gasteiger partial charge in [-0.3, -0.25) is 0 Å². The Morgan fingerprint density at radius 3 is 2.31 bits per heavy atom. The molecule has 13 heavy (non-hydrogen) atoms. The molecule has 4 heteroatoms. The first kappa shape index (κ1) is 11.2. The lowest BCUT2D eigenvalue weighted by Crippen LogP contribution is -1.90. The molecule has 0 atom stereocenters. The van der Waals surface area contributed by atoms with E-state index in [0.717, 1.165) is 11.3 Å². The predicted molar refractivity (Wildman–Crippen MR) is 60.7 cm³/mol. The van der Waals surface area contributed by atoms with Crippen molar-refractivity contribution in [2.24, 2.45) is 0 Å². The van der Waals surface area contributed by atoms with Gasteiger partial charge in [0.25, 0.3) is 0 Å². The van der Waals surface area contributed by atoms with E-state index >= 15 is 0 Å². The monoisotopic (exact) mass is 235 g/mol. The van der Waals surface area contributed by atoms with Crippen LogP contribution >= 0.6 is 35.0 Å². The summed E-state index contributed by atoms with van der Waals surface area (Å²) in [6.45, 7) is 4.32. The van der Waals surface area contributed by atoms with Crippen LogP contribution in [0.25, 0.3) is 0 Å². The summed E-state index contributed by atoms with van der Waals surface area (Å²) < 4.78 is 0. The quantitative estimate of drug-likeness (QED) is 0.735. The second kappa shape index (κ2) is 5.08. The van der Waals surface area contributed by atoms with E-state index < -0.39 is 0 Å². The first-order valence-electron chi connectivity index (χ1n) is 4.01. The van der Waals surface area contributed by atoms with Crippen molar-refractivity contribution in [2.45, 2.75) is 24.9 Å². The van der Waals surface area contributed by atoms with E-state index in [9.17, 15) is 0 Å². The van der Waals surface area contributed by atoms with E-state index in [1.54, 1.807) is 0 Å². The predicted octanol–water partition coefficient (Wildman–Crippen LogP) is 4.03. The summed E-state index contributed by atoms with van der Waals surface area (Å²) in [4.78, 5) is 3.88. The van der Waals surface area contributed by atoms with Gasteiger partial charge in [0.05, 0.1) is 0 Å². The second-order valence-corrected chi connectivity index (χ2v) is 5.32. The third-order valence-corrected chi connectivity index (χ3v) is 2.96. The molecule has 0 N–H and O–H groups in total. The van der Waals surface area contributed by atoms with Crippen molar-refractivity contribution >= 4 is 35.0 Å². The minimum absolute atomic E-state index is 0.465. The molecule has 1 aromatic heterocycles. The zero-order valence-electron chi connectivity index (χ0n) is 7.55. The van der Waals surface area contributed by atoms with Gasteiger partial charge in [-0.15, -0.1) is 0 Å². The molecule has 0 saturated heterocycles. The van der Waals surface area contributed by atoms with Gasteiger partial charge in [0.1, 0.15) is 10.3 Å². The van der Waals surface area contributed by atoms with E-state index in [1.807, 2.05) is 23.9 Å². The maximum Gasteiger partial charge on any atom is 0.131 e. The smallest absolute Gasteiger partial charge is 0.131 e. The number of halogens is 2. The number of hydrogen-bond donors (Lipinski definition) is 0. The third-order valence-electron chi connectivity index (χ3n) is 1.41. The van der Waals surface area contributed by atoms with Crippen molar-refractivity contribution in [3.05, 3.63) is 28.0 Å². The topological polar surface area (TPSA) is 12.9 Å². The fourth-order valence-electron chi connectivity index (χ4n) is 0.860. The van der Waals surface area contributed by atoms with Crippen LogP contribution < -0.4 is 0 Å². The van der Waals surface area contributed by atoms with Crippen LogP contribution in [0.5, 0.6) is 0 Å². The van der Waals surface area contributed by atoms with Gasteiger partial charge < -0.3 is 0 Å². The zero-order chi connectivity index (χ0) is 9.84. The fraction of sp³-hybridized carbons (Fsp3) is 0.444. The number of pyridine rings is 1. The summed E-state index contributed by atoms with van der Waals surface area (Å²) in [5.74, 6) is 0.930. The van der Waals surface area contributed by atoms with E-state index in [4.69, 9.17) is 23.2 Å². The zero-order valence-corrected chi connectivity index (χ0v) is 9.88. The third kappa shape index (κ3) is 4.21. The Kier molecular flexibility index (Phi) is 4.36. The van der Waals surface area contributed by atoms with Gasteiger partial charge in [0.15, 0.2) is 0 Å². The number of thioether (sulfide) groups is 1. The van der Waals surface area contributed by atoms with Gasteiger partial charge in [-0.2, -0.15) is 11.8 Å². The maximum absolute atomic E-state index is 5.76. The molecule has 1 aromatic rings. The molecule has 1 rings (SSSR count). The molecular formula is C9H11Cl2NS. The lowest BCUT2D eigenvalue weighted by atomic mass is 10.3. The summed E-state index contributed by atoms with van der Waals surface area (Å²) in [6.07, 6.45) is 0. The van der Waals surface area contributed by atoms with Crippen molar-refractivity contribution in [3.63, 3.8) is 0 Å². The summed E-state index contributed by atoms with van der Waals surface area (Å²) in [5.41, 5.74) is 1.13. The lowest BCUT2D eigenvalue weighted by Gasteiger charge is -2.05. The van der Waals surface area contributed by atoms with Crippen LogP contribution in [0.15, 0.2) is 12.1 Å². The average molecular weight is 236 g/mol. The Labute approximate surface area is 92.8 Å². The van der Waals surface area contributed by atoms with Crippen molar-refractivity contribution in [3.8, 4) is 0 Å². The highest BCUT2D eigenvalue weighted by Gasteiger charge is 2.01. The highest BCUT2D eigenvalue weighted by Crippen LogP contribution is 2.21. The van der Waals surface area contributed by atoms with E-state index in [0.29, 0.717) is 15.6 Å². The van der Waals surface area contributed by atoms with Gasteiger partial charge >= 0.3 is 0 Å². The molecule has 0 aliphatic rings. The molecule has 0 bridgehead atoms. The molecule has 0 aliphatic carbocycles. The van der Waals surface area contributed by atoms with E-state index in [1.165, 1.54) is 0 Å². The highest BCUT2D eigenvalue weighted by molar-refractivity contribution is 7.99. The van der Waals surface area contributed by atoms with Crippen molar-refractivity contribution in [2.75, 3.05) is 0 Å². The Morgan fingerprint density at radius 2 is 1.85 bits per heavy atom. The molecule has 0 radical (unpaired) electrons. The van der Waals surface area contributed by atoms with Gasteiger partial charge in [0, 0.05) is 5.75 Å². The largest absolute Gasteiger partial charge is 0.224 e. The Hall–Kier alpha value is 0.0800. The summed E-state index contributed by atoms with van der Waals surface area (Å²) in [7, 11) is 0. The molecule has 0 aliphatic heterocycles. The van der Waals surface area contributed by atoms with Gasteiger partial charge in [-0.25, -0.2) is 4.98 Å². The second-order valence-electron chi connectivity index (χ2n) is 2.98. The molecule has 72 valence electrons. The maximum atomic E-state index is 5.76. The number of rotatable bonds is 3. The summed E-state index contributed by atoms with van der Waals surface area (Å²) in [5, 5.41) is 1.55. The van der Waals surface area contributed by atoms with Crippen LogP contribution in [-0.2, 0) is 5.75 Å². The van der Waals surface area contributed by atoms with Crippen molar-refractivity contribution in [1.29, 1.82) is 0 Å². The molecule has 1 nitrogen and oxygen atoms in total. The Bertz CT molecular complexity index is 269. The normalized spacial score (nSPS) is 10.8. The van der Waals surface area contributed by atoms with Gasteiger partial charge in [-0.05, 0) is 22.9 Å². The van der Waals surface area contributed by atoms with Crippen LogP contribution in [0.3, 0.4) is 0 Å². The van der Waals surface area contributed by atoms with Gasteiger partial charge in [0.2, 0.25) is 0 Å². The minimum atomic E-state index is 0.465. The lowest BCUT2D eigenvalue weighted by molar-refractivity contribution is 1.11. The van der Waals surface area contributed by atoms with Crippen LogP contribution in [0.1, 0.15) is 19.4 Å². The standard InChI is InChI=1S/C9H11Cl2NS/c1-6(2)13-5-7-3-8(10)12-9(11)4-7/h3-4,6H,5H2,1-2H3. The van der Waals surface area contributed by atoms with E-state index in [2.05, 4.69) is 18.8 Å². The molecule has 0 aromatic carbocycles. The number of aromatic nitrogens is 1.